The van der Waals surface area contributed by atoms with Gasteiger partial charge < -0.3 is 10.1 Å². The van der Waals surface area contributed by atoms with Crippen LogP contribution in [0.4, 0.5) is 0 Å². The van der Waals surface area contributed by atoms with Crippen molar-refractivity contribution in [2.45, 2.75) is 58.2 Å². The van der Waals surface area contributed by atoms with Gasteiger partial charge in [-0.2, -0.15) is 0 Å². The zero-order valence-corrected chi connectivity index (χ0v) is 10.9. The molecule has 1 aliphatic rings. The lowest BCUT2D eigenvalue weighted by Gasteiger charge is -2.13. The van der Waals surface area contributed by atoms with Gasteiger partial charge in [0.25, 0.3) is 0 Å². The molecule has 1 N–H and O–H groups in total. The van der Waals surface area contributed by atoms with Crippen LogP contribution in [0.1, 0.15) is 45.1 Å². The summed E-state index contributed by atoms with van der Waals surface area (Å²) in [6.45, 7) is 5.26. The first kappa shape index (κ1) is 12.4. The van der Waals surface area contributed by atoms with E-state index in [1.807, 2.05) is 0 Å². The molecule has 0 amide bonds. The Bertz CT molecular complexity index is 325. The third-order valence-corrected chi connectivity index (χ3v) is 3.24. The molecule has 2 nitrogen and oxygen atoms in total. The van der Waals surface area contributed by atoms with Gasteiger partial charge in [0, 0.05) is 12.6 Å². The molecule has 0 saturated heterocycles. The smallest absolute Gasteiger partial charge is 0.119 e. The fraction of sp³-hybridized carbons (Fsp3) is 0.600. The van der Waals surface area contributed by atoms with Crippen molar-refractivity contribution in [2.24, 2.45) is 0 Å². The fourth-order valence-corrected chi connectivity index (χ4v) is 2.21. The van der Waals surface area contributed by atoms with Gasteiger partial charge in [-0.1, -0.05) is 26.0 Å². The molecule has 1 aliphatic carbocycles. The Morgan fingerprint density at radius 1 is 1.18 bits per heavy atom. The second-order valence-electron chi connectivity index (χ2n) is 5.20. The van der Waals surface area contributed by atoms with E-state index < -0.39 is 0 Å². The van der Waals surface area contributed by atoms with Gasteiger partial charge in [0.1, 0.15) is 5.75 Å². The molecular formula is C15H23NO. The maximum atomic E-state index is 5.94. The van der Waals surface area contributed by atoms with E-state index in [0.29, 0.717) is 12.1 Å². The van der Waals surface area contributed by atoms with Gasteiger partial charge in [0.15, 0.2) is 0 Å². The fourth-order valence-electron chi connectivity index (χ4n) is 2.21. The van der Waals surface area contributed by atoms with Crippen molar-refractivity contribution in [1.82, 2.24) is 5.32 Å². The molecule has 1 saturated carbocycles. The van der Waals surface area contributed by atoms with Gasteiger partial charge >= 0.3 is 0 Å². The molecular weight excluding hydrogens is 210 g/mol. The number of ether oxygens (including phenoxy) is 1. The highest BCUT2D eigenvalue weighted by Crippen LogP contribution is 2.24. The lowest BCUT2D eigenvalue weighted by Crippen LogP contribution is -2.21. The largest absolute Gasteiger partial charge is 0.490 e. The van der Waals surface area contributed by atoms with E-state index >= 15 is 0 Å². The minimum Gasteiger partial charge on any atom is -0.490 e. The molecule has 2 heteroatoms. The molecule has 94 valence electrons. The standard InChI is InChI=1S/C15H23NO/c1-12(2)16-11-13-7-9-15(10-8-13)17-14-5-3-4-6-14/h7-10,12,14,16H,3-6,11H2,1-2H3. The summed E-state index contributed by atoms with van der Waals surface area (Å²) in [5.74, 6) is 1.02. The summed E-state index contributed by atoms with van der Waals surface area (Å²) in [7, 11) is 0. The first-order valence-electron chi connectivity index (χ1n) is 6.73. The van der Waals surface area contributed by atoms with Gasteiger partial charge in [0.05, 0.1) is 6.10 Å². The number of hydrogen-bond acceptors (Lipinski definition) is 2. The summed E-state index contributed by atoms with van der Waals surface area (Å²) in [5, 5.41) is 3.41. The molecule has 0 spiro atoms. The van der Waals surface area contributed by atoms with Crippen LogP contribution in [0.2, 0.25) is 0 Å². The molecule has 0 bridgehead atoms. The molecule has 0 aliphatic heterocycles. The first-order chi connectivity index (χ1) is 8.24. The average Bonchev–Trinajstić information content (AvgIpc) is 2.81. The van der Waals surface area contributed by atoms with Gasteiger partial charge in [0.2, 0.25) is 0 Å². The maximum absolute atomic E-state index is 5.94. The van der Waals surface area contributed by atoms with Crippen molar-refractivity contribution >= 4 is 0 Å². The van der Waals surface area contributed by atoms with Crippen LogP contribution < -0.4 is 10.1 Å². The summed E-state index contributed by atoms with van der Waals surface area (Å²) in [4.78, 5) is 0. The van der Waals surface area contributed by atoms with Crippen molar-refractivity contribution in [1.29, 1.82) is 0 Å². The summed E-state index contributed by atoms with van der Waals surface area (Å²) in [5.41, 5.74) is 1.32. The topological polar surface area (TPSA) is 21.3 Å². The highest BCUT2D eigenvalue weighted by atomic mass is 16.5. The Balaban J connectivity index is 1.84. The molecule has 0 unspecified atom stereocenters. The van der Waals surface area contributed by atoms with Crippen LogP contribution in [0.5, 0.6) is 5.75 Å². The molecule has 1 aromatic rings. The van der Waals surface area contributed by atoms with E-state index in [1.165, 1.54) is 31.2 Å². The molecule has 17 heavy (non-hydrogen) atoms. The second-order valence-corrected chi connectivity index (χ2v) is 5.20. The van der Waals surface area contributed by atoms with E-state index in [1.54, 1.807) is 0 Å². The first-order valence-corrected chi connectivity index (χ1v) is 6.73. The van der Waals surface area contributed by atoms with E-state index in [4.69, 9.17) is 4.74 Å². The van der Waals surface area contributed by atoms with E-state index in [9.17, 15) is 0 Å². The number of rotatable bonds is 5. The van der Waals surface area contributed by atoms with Gasteiger partial charge in [-0.3, -0.25) is 0 Å². The normalized spacial score (nSPS) is 16.6. The predicted octanol–water partition coefficient (Wildman–Crippen LogP) is 3.51. The van der Waals surface area contributed by atoms with Crippen molar-refractivity contribution in [2.75, 3.05) is 0 Å². The lowest BCUT2D eigenvalue weighted by atomic mass is 10.2. The van der Waals surface area contributed by atoms with Crippen LogP contribution >= 0.6 is 0 Å². The van der Waals surface area contributed by atoms with Crippen LogP contribution in [0.3, 0.4) is 0 Å². The number of benzene rings is 1. The summed E-state index contributed by atoms with van der Waals surface area (Å²) in [6.07, 6.45) is 5.53. The predicted molar refractivity (Wildman–Crippen MR) is 71.3 cm³/mol. The summed E-state index contributed by atoms with van der Waals surface area (Å²) < 4.78 is 5.94. The molecule has 0 heterocycles. The van der Waals surface area contributed by atoms with E-state index in [-0.39, 0.29) is 0 Å². The molecule has 2 rings (SSSR count). The number of nitrogens with one attached hydrogen (secondary N) is 1. The Kier molecular flexibility index (Phi) is 4.43. The van der Waals surface area contributed by atoms with Crippen molar-refractivity contribution < 1.29 is 4.74 Å². The SMILES string of the molecule is CC(C)NCc1ccc(OC2CCCC2)cc1. The maximum Gasteiger partial charge on any atom is 0.119 e. The van der Waals surface area contributed by atoms with Gasteiger partial charge in [-0.15, -0.1) is 0 Å². The highest BCUT2D eigenvalue weighted by molar-refractivity contribution is 5.27. The second kappa shape index (κ2) is 6.06. The minimum absolute atomic E-state index is 0.453. The Hall–Kier alpha value is -1.02. The van der Waals surface area contributed by atoms with Gasteiger partial charge in [-0.25, -0.2) is 0 Å². The highest BCUT2D eigenvalue weighted by Gasteiger charge is 2.16. The van der Waals surface area contributed by atoms with E-state index in [2.05, 4.69) is 43.4 Å². The van der Waals surface area contributed by atoms with Crippen molar-refractivity contribution in [3.05, 3.63) is 29.8 Å². The van der Waals surface area contributed by atoms with Crippen molar-refractivity contribution in [3.63, 3.8) is 0 Å². The molecule has 0 aromatic heterocycles. The molecule has 0 atom stereocenters. The van der Waals surface area contributed by atoms with Crippen molar-refractivity contribution in [3.8, 4) is 5.75 Å². The monoisotopic (exact) mass is 233 g/mol. The van der Waals surface area contributed by atoms with Crippen LogP contribution in [-0.2, 0) is 6.54 Å². The van der Waals surface area contributed by atoms with Crippen LogP contribution in [0, 0.1) is 0 Å². The third kappa shape index (κ3) is 4.04. The number of hydrogen-bond donors (Lipinski definition) is 1. The quantitative estimate of drug-likeness (QED) is 0.840. The van der Waals surface area contributed by atoms with Gasteiger partial charge in [-0.05, 0) is 43.4 Å². The minimum atomic E-state index is 0.453. The van der Waals surface area contributed by atoms with Crippen LogP contribution in [0.25, 0.3) is 0 Å². The van der Waals surface area contributed by atoms with Crippen LogP contribution in [-0.4, -0.2) is 12.1 Å². The summed E-state index contributed by atoms with van der Waals surface area (Å²) >= 11 is 0. The lowest BCUT2D eigenvalue weighted by molar-refractivity contribution is 0.210. The van der Waals surface area contributed by atoms with Crippen LogP contribution in [0.15, 0.2) is 24.3 Å². The summed E-state index contributed by atoms with van der Waals surface area (Å²) in [6, 6.07) is 9.02. The Morgan fingerprint density at radius 2 is 1.82 bits per heavy atom. The Labute approximate surface area is 104 Å². The zero-order chi connectivity index (χ0) is 12.1. The molecule has 1 fully saturated rings. The average molecular weight is 233 g/mol. The van der Waals surface area contributed by atoms with E-state index in [0.717, 1.165) is 12.3 Å². The zero-order valence-electron chi connectivity index (χ0n) is 10.9. The Morgan fingerprint density at radius 3 is 2.41 bits per heavy atom. The third-order valence-electron chi connectivity index (χ3n) is 3.24. The molecule has 1 aromatic carbocycles. The molecule has 0 radical (unpaired) electrons.